The van der Waals surface area contributed by atoms with Crippen LogP contribution in [0.3, 0.4) is 0 Å². The molecule has 1 atom stereocenters. The monoisotopic (exact) mass is 301 g/mol. The van der Waals surface area contributed by atoms with Crippen molar-refractivity contribution in [2.75, 3.05) is 14.2 Å². The Balaban J connectivity index is 2.14. The van der Waals surface area contributed by atoms with Crippen molar-refractivity contribution in [2.45, 2.75) is 31.6 Å². The van der Waals surface area contributed by atoms with Gasteiger partial charge in [0.2, 0.25) is 5.91 Å². The fraction of sp³-hybridized carbons (Fsp3) is 0.412. The average molecular weight is 301 g/mol. The summed E-state index contributed by atoms with van der Waals surface area (Å²) >= 11 is 0. The predicted molar refractivity (Wildman–Crippen MR) is 80.9 cm³/mol. The molecule has 1 unspecified atom stereocenters. The van der Waals surface area contributed by atoms with Gasteiger partial charge in [-0.05, 0) is 18.9 Å². The van der Waals surface area contributed by atoms with Crippen LogP contribution in [0.2, 0.25) is 0 Å². The Hall–Kier alpha value is -2.30. The Bertz CT molecular complexity index is 663. The molecular formula is C17H19NO4. The number of para-hydroxylation sites is 1. The number of Topliss-reactive ketones (excluding diaryl/α,β-unsaturated/α-hetero) is 1. The van der Waals surface area contributed by atoms with E-state index in [0.717, 1.165) is 29.7 Å². The minimum atomic E-state index is -0.262. The van der Waals surface area contributed by atoms with E-state index in [1.807, 2.05) is 18.2 Å². The SMILES string of the molecule is COc1cccc(C2CC(=O)NC3=C2C(=O)CCC3)c1OC. The lowest BCUT2D eigenvalue weighted by Gasteiger charge is -2.32. The van der Waals surface area contributed by atoms with E-state index in [-0.39, 0.29) is 24.0 Å². The molecule has 0 spiro atoms. The van der Waals surface area contributed by atoms with Gasteiger partial charge in [0.05, 0.1) is 14.2 Å². The number of methoxy groups -OCH3 is 2. The summed E-state index contributed by atoms with van der Waals surface area (Å²) in [6.07, 6.45) is 2.33. The summed E-state index contributed by atoms with van der Waals surface area (Å²) < 4.78 is 10.8. The molecule has 22 heavy (non-hydrogen) atoms. The van der Waals surface area contributed by atoms with Crippen LogP contribution in [-0.2, 0) is 9.59 Å². The van der Waals surface area contributed by atoms with Gasteiger partial charge >= 0.3 is 0 Å². The molecule has 5 heteroatoms. The second-order valence-corrected chi connectivity index (χ2v) is 5.56. The van der Waals surface area contributed by atoms with Gasteiger partial charge in [0.25, 0.3) is 0 Å². The second kappa shape index (κ2) is 5.83. The molecule has 2 aliphatic rings. The zero-order chi connectivity index (χ0) is 15.7. The van der Waals surface area contributed by atoms with Crippen molar-refractivity contribution >= 4 is 11.7 Å². The zero-order valence-corrected chi connectivity index (χ0v) is 12.8. The number of nitrogens with one attached hydrogen (secondary N) is 1. The number of hydrogen-bond acceptors (Lipinski definition) is 4. The molecule has 0 saturated heterocycles. The van der Waals surface area contributed by atoms with E-state index < -0.39 is 0 Å². The number of ether oxygens (including phenoxy) is 2. The molecule has 0 fully saturated rings. The van der Waals surface area contributed by atoms with Gasteiger partial charge in [0.15, 0.2) is 17.3 Å². The normalized spacial score (nSPS) is 21.3. The maximum Gasteiger partial charge on any atom is 0.225 e. The average Bonchev–Trinajstić information content (AvgIpc) is 2.53. The highest BCUT2D eigenvalue weighted by Crippen LogP contribution is 2.44. The Morgan fingerprint density at radius 3 is 2.68 bits per heavy atom. The summed E-state index contributed by atoms with van der Waals surface area (Å²) in [4.78, 5) is 24.4. The first-order valence-electron chi connectivity index (χ1n) is 7.42. The topological polar surface area (TPSA) is 64.6 Å². The number of benzene rings is 1. The van der Waals surface area contributed by atoms with Crippen molar-refractivity contribution in [2.24, 2.45) is 0 Å². The molecule has 1 N–H and O–H groups in total. The number of hydrogen-bond donors (Lipinski definition) is 1. The molecule has 1 aliphatic heterocycles. The summed E-state index contributed by atoms with van der Waals surface area (Å²) in [5, 5.41) is 2.86. The van der Waals surface area contributed by atoms with E-state index in [9.17, 15) is 9.59 Å². The van der Waals surface area contributed by atoms with Crippen molar-refractivity contribution in [1.82, 2.24) is 5.32 Å². The highest BCUT2D eigenvalue weighted by atomic mass is 16.5. The van der Waals surface area contributed by atoms with Crippen molar-refractivity contribution in [3.05, 3.63) is 35.0 Å². The lowest BCUT2D eigenvalue weighted by atomic mass is 9.77. The van der Waals surface area contributed by atoms with Gasteiger partial charge in [-0.1, -0.05) is 12.1 Å². The highest BCUT2D eigenvalue weighted by molar-refractivity contribution is 6.01. The smallest absolute Gasteiger partial charge is 0.225 e. The first-order chi connectivity index (χ1) is 10.7. The molecule has 0 radical (unpaired) electrons. The van der Waals surface area contributed by atoms with Crippen molar-refractivity contribution in [3.8, 4) is 11.5 Å². The molecule has 116 valence electrons. The summed E-state index contributed by atoms with van der Waals surface area (Å²) in [7, 11) is 3.15. The van der Waals surface area contributed by atoms with Gasteiger partial charge in [0.1, 0.15) is 0 Å². The van der Waals surface area contributed by atoms with Crippen LogP contribution in [0.15, 0.2) is 29.5 Å². The molecule has 1 heterocycles. The van der Waals surface area contributed by atoms with Crippen molar-refractivity contribution in [3.63, 3.8) is 0 Å². The van der Waals surface area contributed by atoms with Crippen LogP contribution < -0.4 is 14.8 Å². The molecule has 0 bridgehead atoms. The summed E-state index contributed by atoms with van der Waals surface area (Å²) in [5.41, 5.74) is 2.35. The molecule has 1 aromatic carbocycles. The fourth-order valence-electron chi connectivity index (χ4n) is 3.36. The Kier molecular flexibility index (Phi) is 3.88. The Morgan fingerprint density at radius 2 is 1.95 bits per heavy atom. The third-order valence-electron chi connectivity index (χ3n) is 4.29. The Labute approximate surface area is 129 Å². The molecule has 1 amide bonds. The number of amides is 1. The van der Waals surface area contributed by atoms with E-state index in [2.05, 4.69) is 5.32 Å². The van der Waals surface area contributed by atoms with Crippen molar-refractivity contribution < 1.29 is 19.1 Å². The van der Waals surface area contributed by atoms with Crippen LogP contribution in [0.5, 0.6) is 11.5 Å². The van der Waals surface area contributed by atoms with E-state index in [1.165, 1.54) is 0 Å². The van der Waals surface area contributed by atoms with Gasteiger partial charge in [-0.2, -0.15) is 0 Å². The Morgan fingerprint density at radius 1 is 1.14 bits per heavy atom. The molecule has 5 nitrogen and oxygen atoms in total. The van der Waals surface area contributed by atoms with Crippen LogP contribution in [0, 0.1) is 0 Å². The van der Waals surface area contributed by atoms with E-state index in [4.69, 9.17) is 9.47 Å². The van der Waals surface area contributed by atoms with Crippen LogP contribution >= 0.6 is 0 Å². The maximum atomic E-state index is 12.4. The minimum Gasteiger partial charge on any atom is -0.493 e. The molecular weight excluding hydrogens is 282 g/mol. The first-order valence-corrected chi connectivity index (χ1v) is 7.42. The van der Waals surface area contributed by atoms with Crippen LogP contribution in [-0.4, -0.2) is 25.9 Å². The summed E-state index contributed by atoms with van der Waals surface area (Å²) in [6.45, 7) is 0. The second-order valence-electron chi connectivity index (χ2n) is 5.56. The quantitative estimate of drug-likeness (QED) is 0.930. The minimum absolute atomic E-state index is 0.0525. The molecule has 0 saturated carbocycles. The summed E-state index contributed by atoms with van der Waals surface area (Å²) in [5.74, 6) is 1.01. The number of carbonyl (C=O) groups excluding carboxylic acids is 2. The molecule has 0 aromatic heterocycles. The molecule has 1 aromatic rings. The lowest BCUT2D eigenvalue weighted by molar-refractivity contribution is -0.122. The molecule has 3 rings (SSSR count). The largest absolute Gasteiger partial charge is 0.493 e. The molecule has 1 aliphatic carbocycles. The van der Waals surface area contributed by atoms with E-state index >= 15 is 0 Å². The van der Waals surface area contributed by atoms with Gasteiger partial charge < -0.3 is 14.8 Å². The van der Waals surface area contributed by atoms with Crippen LogP contribution in [0.1, 0.15) is 37.2 Å². The predicted octanol–water partition coefficient (Wildman–Crippen LogP) is 2.31. The standard InChI is InChI=1S/C17H19NO4/c1-21-14-8-3-5-10(17(14)22-2)11-9-15(20)18-12-6-4-7-13(19)16(11)12/h3,5,8,11H,4,6-7,9H2,1-2H3,(H,18,20). The first kappa shape index (κ1) is 14.6. The fourth-order valence-corrected chi connectivity index (χ4v) is 3.36. The maximum absolute atomic E-state index is 12.4. The third kappa shape index (κ3) is 2.36. The zero-order valence-electron chi connectivity index (χ0n) is 12.8. The number of carbonyl (C=O) groups is 2. The van der Waals surface area contributed by atoms with Gasteiger partial charge in [-0.3, -0.25) is 9.59 Å². The van der Waals surface area contributed by atoms with Crippen LogP contribution in [0.25, 0.3) is 0 Å². The van der Waals surface area contributed by atoms with E-state index in [1.54, 1.807) is 14.2 Å². The summed E-state index contributed by atoms with van der Waals surface area (Å²) in [6, 6.07) is 5.57. The van der Waals surface area contributed by atoms with Crippen LogP contribution in [0.4, 0.5) is 0 Å². The number of allylic oxidation sites excluding steroid dienone is 2. The van der Waals surface area contributed by atoms with Gasteiger partial charge in [-0.25, -0.2) is 0 Å². The number of rotatable bonds is 3. The van der Waals surface area contributed by atoms with Crippen molar-refractivity contribution in [1.29, 1.82) is 0 Å². The third-order valence-corrected chi connectivity index (χ3v) is 4.29. The van der Waals surface area contributed by atoms with Gasteiger partial charge in [-0.15, -0.1) is 0 Å². The van der Waals surface area contributed by atoms with Gasteiger partial charge in [0, 0.05) is 35.6 Å². The highest BCUT2D eigenvalue weighted by Gasteiger charge is 2.36. The number of ketones is 1. The van der Waals surface area contributed by atoms with E-state index in [0.29, 0.717) is 17.9 Å². The lowest BCUT2D eigenvalue weighted by Crippen LogP contribution is -2.36.